The number of guanidine groups is 1. The second kappa shape index (κ2) is 12.8. The van der Waals surface area contributed by atoms with Crippen molar-refractivity contribution in [3.05, 3.63) is 30.1 Å². The van der Waals surface area contributed by atoms with Crippen molar-refractivity contribution in [2.75, 3.05) is 26.8 Å². The van der Waals surface area contributed by atoms with Crippen LogP contribution in [0.5, 0.6) is 5.75 Å². The number of rotatable bonds is 9. The topological polar surface area (TPSA) is 107 Å². The summed E-state index contributed by atoms with van der Waals surface area (Å²) in [7, 11) is 1.65. The van der Waals surface area contributed by atoms with Gasteiger partial charge in [-0.25, -0.2) is 9.98 Å². The highest BCUT2D eigenvalue weighted by Gasteiger charge is 2.31. The monoisotopic (exact) mass is 542 g/mol. The van der Waals surface area contributed by atoms with Gasteiger partial charge in [-0.15, -0.1) is 24.0 Å². The minimum absolute atomic E-state index is 0. The number of aliphatic hydroxyl groups is 1. The Bertz CT molecular complexity index is 797. The lowest BCUT2D eigenvalue weighted by molar-refractivity contribution is 0.131. The quantitative estimate of drug-likeness (QED) is 0.220. The number of ether oxygens (including phenoxy) is 1. The van der Waals surface area contributed by atoms with Crippen LogP contribution >= 0.6 is 24.0 Å². The largest absolute Gasteiger partial charge is 0.497 e. The third-order valence-electron chi connectivity index (χ3n) is 5.80. The molecule has 0 atom stereocenters. The van der Waals surface area contributed by atoms with Crippen molar-refractivity contribution >= 4 is 29.9 Å². The number of aliphatic imine (C=N–C) groups is 1. The highest BCUT2D eigenvalue weighted by atomic mass is 127. The molecule has 0 radical (unpaired) electrons. The van der Waals surface area contributed by atoms with E-state index < -0.39 is 0 Å². The molecule has 9 heteroatoms. The predicted molar refractivity (Wildman–Crippen MR) is 134 cm³/mol. The summed E-state index contributed by atoms with van der Waals surface area (Å²) < 4.78 is 5.19. The van der Waals surface area contributed by atoms with Gasteiger partial charge in [0.1, 0.15) is 18.1 Å². The standard InChI is InChI=1S/C22H34N6O2.HI/c1-3-23-21(25-16-22(13-14-29)11-5-4-6-12-22)24-15-19-26-20(28-27-19)17-7-9-18(30-2)10-8-17;/h7-10,29H,3-6,11-16H2,1-2H3,(H2,23,24,25)(H,26,27,28);1H. The van der Waals surface area contributed by atoms with Gasteiger partial charge in [-0.3, -0.25) is 5.10 Å². The fraction of sp³-hybridized carbons (Fsp3) is 0.591. The van der Waals surface area contributed by atoms with Crippen molar-refractivity contribution in [1.82, 2.24) is 25.8 Å². The Morgan fingerprint density at radius 2 is 1.94 bits per heavy atom. The minimum Gasteiger partial charge on any atom is -0.497 e. The molecule has 2 aromatic rings. The Morgan fingerprint density at radius 3 is 2.58 bits per heavy atom. The Labute approximate surface area is 201 Å². The first-order valence-electron chi connectivity index (χ1n) is 10.9. The fourth-order valence-corrected chi connectivity index (χ4v) is 4.06. The van der Waals surface area contributed by atoms with Gasteiger partial charge in [-0.1, -0.05) is 19.3 Å². The zero-order chi connectivity index (χ0) is 21.2. The molecule has 0 unspecified atom stereocenters. The van der Waals surface area contributed by atoms with Crippen LogP contribution < -0.4 is 15.4 Å². The number of H-pyrrole nitrogens is 1. The van der Waals surface area contributed by atoms with Crippen molar-refractivity contribution in [2.45, 2.75) is 52.0 Å². The summed E-state index contributed by atoms with van der Waals surface area (Å²) in [6.07, 6.45) is 6.93. The van der Waals surface area contributed by atoms with Crippen molar-refractivity contribution in [1.29, 1.82) is 0 Å². The average Bonchev–Trinajstić information content (AvgIpc) is 3.26. The van der Waals surface area contributed by atoms with Crippen LogP contribution in [0, 0.1) is 5.41 Å². The summed E-state index contributed by atoms with van der Waals surface area (Å²) in [5, 5.41) is 23.6. The predicted octanol–water partition coefficient (Wildman–Crippen LogP) is 3.49. The number of methoxy groups -OCH3 is 1. The highest BCUT2D eigenvalue weighted by molar-refractivity contribution is 14.0. The molecule has 1 saturated carbocycles. The van der Waals surface area contributed by atoms with Gasteiger partial charge in [-0.05, 0) is 55.9 Å². The third-order valence-corrected chi connectivity index (χ3v) is 5.80. The van der Waals surface area contributed by atoms with Crippen LogP contribution in [-0.2, 0) is 6.54 Å². The Morgan fingerprint density at radius 1 is 1.19 bits per heavy atom. The van der Waals surface area contributed by atoms with Crippen LogP contribution in [0.15, 0.2) is 29.3 Å². The van der Waals surface area contributed by atoms with E-state index in [0.717, 1.165) is 49.6 Å². The van der Waals surface area contributed by atoms with E-state index in [0.29, 0.717) is 18.2 Å². The minimum atomic E-state index is 0. The molecule has 0 saturated heterocycles. The van der Waals surface area contributed by atoms with E-state index in [9.17, 15) is 5.11 Å². The number of nitrogens with one attached hydrogen (secondary N) is 3. The van der Waals surface area contributed by atoms with Gasteiger partial charge < -0.3 is 20.5 Å². The molecule has 172 valence electrons. The maximum absolute atomic E-state index is 9.53. The lowest BCUT2D eigenvalue weighted by Gasteiger charge is -2.37. The molecule has 0 amide bonds. The average molecular weight is 542 g/mol. The lowest BCUT2D eigenvalue weighted by atomic mass is 9.72. The zero-order valence-corrected chi connectivity index (χ0v) is 20.8. The first kappa shape index (κ1) is 25.4. The molecule has 1 fully saturated rings. The van der Waals surface area contributed by atoms with Crippen LogP contribution in [0.1, 0.15) is 51.3 Å². The molecule has 1 aromatic carbocycles. The molecule has 0 spiro atoms. The van der Waals surface area contributed by atoms with Gasteiger partial charge in [0.25, 0.3) is 0 Å². The second-order valence-corrected chi connectivity index (χ2v) is 7.92. The molecule has 1 aliphatic carbocycles. The van der Waals surface area contributed by atoms with E-state index in [2.05, 4.69) is 37.7 Å². The summed E-state index contributed by atoms with van der Waals surface area (Å²) in [6, 6.07) is 7.66. The van der Waals surface area contributed by atoms with Crippen molar-refractivity contribution in [2.24, 2.45) is 10.4 Å². The van der Waals surface area contributed by atoms with Crippen molar-refractivity contribution in [3.63, 3.8) is 0 Å². The van der Waals surface area contributed by atoms with Gasteiger partial charge >= 0.3 is 0 Å². The van der Waals surface area contributed by atoms with Gasteiger partial charge in [0.05, 0.1) is 7.11 Å². The van der Waals surface area contributed by atoms with Crippen molar-refractivity contribution < 1.29 is 9.84 Å². The number of hydrogen-bond donors (Lipinski definition) is 4. The highest BCUT2D eigenvalue weighted by Crippen LogP contribution is 2.38. The number of aliphatic hydroxyl groups excluding tert-OH is 1. The fourth-order valence-electron chi connectivity index (χ4n) is 4.06. The first-order valence-corrected chi connectivity index (χ1v) is 10.9. The second-order valence-electron chi connectivity index (χ2n) is 7.92. The summed E-state index contributed by atoms with van der Waals surface area (Å²) in [5.74, 6) is 2.92. The number of nitrogens with zero attached hydrogens (tertiary/aromatic N) is 3. The third kappa shape index (κ3) is 7.34. The van der Waals surface area contributed by atoms with Crippen molar-refractivity contribution in [3.8, 4) is 17.1 Å². The van der Waals surface area contributed by atoms with E-state index >= 15 is 0 Å². The molecule has 1 heterocycles. The smallest absolute Gasteiger partial charge is 0.191 e. The molecule has 31 heavy (non-hydrogen) atoms. The molecule has 3 rings (SSSR count). The van der Waals surface area contributed by atoms with Gasteiger partial charge in [0, 0.05) is 25.3 Å². The lowest BCUT2D eigenvalue weighted by Crippen LogP contribution is -2.45. The maximum Gasteiger partial charge on any atom is 0.191 e. The van der Waals surface area contributed by atoms with Gasteiger partial charge in [-0.2, -0.15) is 5.10 Å². The van der Waals surface area contributed by atoms with E-state index in [1.807, 2.05) is 24.3 Å². The normalized spacial score (nSPS) is 15.8. The molecule has 0 bridgehead atoms. The molecule has 4 N–H and O–H groups in total. The van der Waals surface area contributed by atoms with E-state index in [1.54, 1.807) is 7.11 Å². The summed E-state index contributed by atoms with van der Waals surface area (Å²) in [6.45, 7) is 4.31. The molecular weight excluding hydrogens is 507 g/mol. The first-order chi connectivity index (χ1) is 14.7. The summed E-state index contributed by atoms with van der Waals surface area (Å²) >= 11 is 0. The van der Waals surface area contributed by atoms with E-state index in [1.165, 1.54) is 19.3 Å². The Kier molecular flexibility index (Phi) is 10.5. The maximum atomic E-state index is 9.53. The summed E-state index contributed by atoms with van der Waals surface area (Å²) in [4.78, 5) is 9.23. The van der Waals surface area contributed by atoms with Gasteiger partial charge in [0.15, 0.2) is 11.8 Å². The van der Waals surface area contributed by atoms with Crippen LogP contribution in [0.3, 0.4) is 0 Å². The number of hydrogen-bond acceptors (Lipinski definition) is 5. The van der Waals surface area contributed by atoms with E-state index in [4.69, 9.17) is 4.74 Å². The number of aromatic nitrogens is 3. The van der Waals surface area contributed by atoms with Crippen LogP contribution in [-0.4, -0.2) is 53.1 Å². The Hall–Kier alpha value is -1.88. The van der Waals surface area contributed by atoms with E-state index in [-0.39, 0.29) is 36.0 Å². The molecular formula is C22H35IN6O2. The van der Waals surface area contributed by atoms with Crippen LogP contribution in [0.2, 0.25) is 0 Å². The van der Waals surface area contributed by atoms with Gasteiger partial charge in [0.2, 0.25) is 0 Å². The number of benzene rings is 1. The SMILES string of the molecule is CCNC(=NCc1nc(-c2ccc(OC)cc2)n[nH]1)NCC1(CCO)CCCCC1.I. The Balaban J connectivity index is 0.00000341. The molecule has 0 aliphatic heterocycles. The molecule has 1 aromatic heterocycles. The van der Waals surface area contributed by atoms with Crippen LogP contribution in [0.25, 0.3) is 11.4 Å². The molecule has 8 nitrogen and oxygen atoms in total. The molecule has 1 aliphatic rings. The van der Waals surface area contributed by atoms with Crippen LogP contribution in [0.4, 0.5) is 0 Å². The zero-order valence-electron chi connectivity index (χ0n) is 18.5. The summed E-state index contributed by atoms with van der Waals surface area (Å²) in [5.41, 5.74) is 1.09. The number of aromatic amines is 1. The number of halogens is 1.